The number of allylic oxidation sites excluding steroid dienone is 4. The molecular formula is C22H36O2Si. The highest BCUT2D eigenvalue weighted by molar-refractivity contribution is 6.70. The minimum Gasteiger partial charge on any atom is -0.547 e. The quantitative estimate of drug-likeness (QED) is 0.644. The van der Waals surface area contributed by atoms with Crippen molar-refractivity contribution in [3.05, 3.63) is 23.5 Å². The fraction of sp³-hybridized carbons (Fsp3) is 0.818. The van der Waals surface area contributed by atoms with Crippen LogP contribution in [-0.4, -0.2) is 19.5 Å². The summed E-state index contributed by atoms with van der Waals surface area (Å²) in [5, 5.41) is 10.6. The van der Waals surface area contributed by atoms with Gasteiger partial charge < -0.3 is 9.53 Å². The van der Waals surface area contributed by atoms with E-state index in [0.29, 0.717) is 5.41 Å². The third-order valence-corrected chi connectivity index (χ3v) is 8.99. The summed E-state index contributed by atoms with van der Waals surface area (Å²) in [5.41, 5.74) is 2.05. The highest BCUT2D eigenvalue weighted by Crippen LogP contribution is 2.64. The van der Waals surface area contributed by atoms with Crippen LogP contribution in [0.1, 0.15) is 58.8 Å². The van der Waals surface area contributed by atoms with Gasteiger partial charge in [-0.3, -0.25) is 0 Å². The van der Waals surface area contributed by atoms with Crippen molar-refractivity contribution in [2.75, 3.05) is 0 Å². The zero-order chi connectivity index (χ0) is 18.0. The third-order valence-electron chi connectivity index (χ3n) is 8.12. The van der Waals surface area contributed by atoms with Crippen molar-refractivity contribution in [2.45, 2.75) is 84.5 Å². The van der Waals surface area contributed by atoms with Gasteiger partial charge in [0.05, 0.1) is 11.9 Å². The average Bonchev–Trinajstić information content (AvgIpc) is 2.82. The molecule has 6 atom stereocenters. The van der Waals surface area contributed by atoms with Gasteiger partial charge in [0, 0.05) is 6.42 Å². The summed E-state index contributed by atoms with van der Waals surface area (Å²) in [4.78, 5) is 0. The molecule has 140 valence electrons. The fourth-order valence-electron chi connectivity index (χ4n) is 6.75. The monoisotopic (exact) mass is 360 g/mol. The van der Waals surface area contributed by atoms with Gasteiger partial charge in [-0.15, -0.1) is 0 Å². The van der Waals surface area contributed by atoms with E-state index in [2.05, 4.69) is 45.6 Å². The van der Waals surface area contributed by atoms with Crippen LogP contribution in [0, 0.1) is 28.6 Å². The zero-order valence-electron chi connectivity index (χ0n) is 16.8. The molecule has 4 rings (SSSR count). The molecule has 4 aliphatic rings. The van der Waals surface area contributed by atoms with Crippen LogP contribution in [0.4, 0.5) is 0 Å². The van der Waals surface area contributed by atoms with Crippen molar-refractivity contribution in [1.29, 1.82) is 0 Å². The average molecular weight is 361 g/mol. The number of rotatable bonds is 2. The maximum absolute atomic E-state index is 10.6. The fourth-order valence-corrected chi connectivity index (χ4v) is 7.69. The molecule has 0 aromatic rings. The lowest BCUT2D eigenvalue weighted by atomic mass is 9.48. The lowest BCUT2D eigenvalue weighted by Gasteiger charge is -2.56. The molecule has 2 fully saturated rings. The van der Waals surface area contributed by atoms with Crippen LogP contribution in [-0.2, 0) is 4.43 Å². The number of aliphatic hydroxyl groups is 1. The summed E-state index contributed by atoms with van der Waals surface area (Å²) in [6.45, 7) is 11.7. The Labute approximate surface area is 154 Å². The van der Waals surface area contributed by atoms with Crippen molar-refractivity contribution in [3.8, 4) is 0 Å². The summed E-state index contributed by atoms with van der Waals surface area (Å²) in [6, 6.07) is 0. The second-order valence-corrected chi connectivity index (χ2v) is 15.1. The van der Waals surface area contributed by atoms with Gasteiger partial charge >= 0.3 is 0 Å². The van der Waals surface area contributed by atoms with Gasteiger partial charge in [0.1, 0.15) is 0 Å². The van der Waals surface area contributed by atoms with E-state index in [1.54, 1.807) is 5.57 Å². The summed E-state index contributed by atoms with van der Waals surface area (Å²) < 4.78 is 6.33. The molecule has 0 aliphatic heterocycles. The van der Waals surface area contributed by atoms with Crippen molar-refractivity contribution < 1.29 is 9.53 Å². The number of hydrogen-bond acceptors (Lipinski definition) is 2. The minimum absolute atomic E-state index is 0.0698. The topological polar surface area (TPSA) is 29.5 Å². The van der Waals surface area contributed by atoms with Crippen molar-refractivity contribution in [2.24, 2.45) is 28.6 Å². The molecule has 3 heteroatoms. The molecule has 0 heterocycles. The van der Waals surface area contributed by atoms with E-state index in [1.165, 1.54) is 37.9 Å². The van der Waals surface area contributed by atoms with Crippen LogP contribution in [0.3, 0.4) is 0 Å². The Morgan fingerprint density at radius 2 is 1.84 bits per heavy atom. The summed E-state index contributed by atoms with van der Waals surface area (Å²) >= 11 is 0. The molecule has 2 saturated carbocycles. The summed E-state index contributed by atoms with van der Waals surface area (Å²) in [6.07, 6.45) is 13.2. The number of aliphatic hydroxyl groups excluding tert-OH is 1. The second-order valence-electron chi connectivity index (χ2n) is 10.7. The zero-order valence-corrected chi connectivity index (χ0v) is 17.8. The van der Waals surface area contributed by atoms with Gasteiger partial charge in [0.15, 0.2) is 0 Å². The van der Waals surface area contributed by atoms with Crippen LogP contribution in [0.25, 0.3) is 0 Å². The molecule has 0 unspecified atom stereocenters. The molecule has 1 N–H and O–H groups in total. The molecular weight excluding hydrogens is 324 g/mol. The minimum atomic E-state index is -1.52. The Bertz CT molecular complexity index is 616. The predicted molar refractivity (Wildman–Crippen MR) is 106 cm³/mol. The Kier molecular flexibility index (Phi) is 4.09. The Morgan fingerprint density at radius 3 is 2.56 bits per heavy atom. The highest BCUT2D eigenvalue weighted by atomic mass is 28.4. The highest BCUT2D eigenvalue weighted by Gasteiger charge is 2.58. The van der Waals surface area contributed by atoms with Crippen LogP contribution in [0.5, 0.6) is 0 Å². The molecule has 25 heavy (non-hydrogen) atoms. The van der Waals surface area contributed by atoms with Crippen LogP contribution in [0.2, 0.25) is 19.6 Å². The summed E-state index contributed by atoms with van der Waals surface area (Å²) in [5.74, 6) is 3.52. The Morgan fingerprint density at radius 1 is 1.08 bits per heavy atom. The maximum Gasteiger partial charge on any atom is 0.241 e. The maximum atomic E-state index is 10.6. The van der Waals surface area contributed by atoms with Gasteiger partial charge in [-0.25, -0.2) is 0 Å². The second kappa shape index (κ2) is 5.72. The first-order valence-electron chi connectivity index (χ1n) is 10.4. The predicted octanol–water partition coefficient (Wildman–Crippen LogP) is 5.66. The smallest absolute Gasteiger partial charge is 0.241 e. The number of hydrogen-bond donors (Lipinski definition) is 1. The SMILES string of the molecule is C[C@]12CC[C@H]3[C@@H](CC=C4C=C(O[Si](C)(C)C)CC[C@@]43C)[C@@H]1CC[C@@H]2O. The first kappa shape index (κ1) is 17.9. The molecule has 0 amide bonds. The molecule has 4 aliphatic carbocycles. The van der Waals surface area contributed by atoms with Gasteiger partial charge in [0.2, 0.25) is 8.32 Å². The van der Waals surface area contributed by atoms with E-state index in [4.69, 9.17) is 4.43 Å². The molecule has 0 aromatic heterocycles. The molecule has 0 spiro atoms. The van der Waals surface area contributed by atoms with E-state index >= 15 is 0 Å². The van der Waals surface area contributed by atoms with Gasteiger partial charge in [0.25, 0.3) is 0 Å². The molecule has 0 radical (unpaired) electrons. The van der Waals surface area contributed by atoms with Crippen LogP contribution < -0.4 is 0 Å². The van der Waals surface area contributed by atoms with E-state index in [-0.39, 0.29) is 11.5 Å². The van der Waals surface area contributed by atoms with Gasteiger partial charge in [-0.1, -0.05) is 19.9 Å². The third kappa shape index (κ3) is 2.77. The lowest BCUT2D eigenvalue weighted by Crippen LogP contribution is -2.50. The van der Waals surface area contributed by atoms with Crippen molar-refractivity contribution >= 4 is 8.32 Å². The van der Waals surface area contributed by atoms with Gasteiger partial charge in [-0.2, -0.15) is 0 Å². The largest absolute Gasteiger partial charge is 0.547 e. The van der Waals surface area contributed by atoms with E-state index in [1.807, 2.05) is 0 Å². The lowest BCUT2D eigenvalue weighted by molar-refractivity contribution is -0.0631. The van der Waals surface area contributed by atoms with E-state index in [0.717, 1.165) is 30.6 Å². The Balaban J connectivity index is 1.63. The molecule has 0 bridgehead atoms. The van der Waals surface area contributed by atoms with E-state index in [9.17, 15) is 5.11 Å². The summed E-state index contributed by atoms with van der Waals surface area (Å²) in [7, 11) is -1.52. The molecule has 0 saturated heterocycles. The van der Waals surface area contributed by atoms with Gasteiger partial charge in [-0.05, 0) is 98.4 Å². The standard InChI is InChI=1S/C22H36O2Si/c1-21-12-10-16(24-25(3,4)5)14-15(21)6-7-17-18-8-9-20(23)22(18,2)13-11-19(17)21/h6,14,17-20,23H,7-13H2,1-5H3/t17-,18-,19-,20-,21-,22-/m0/s1. The van der Waals surface area contributed by atoms with Crippen molar-refractivity contribution in [1.82, 2.24) is 0 Å². The van der Waals surface area contributed by atoms with Crippen molar-refractivity contribution in [3.63, 3.8) is 0 Å². The van der Waals surface area contributed by atoms with Crippen LogP contribution >= 0.6 is 0 Å². The molecule has 2 nitrogen and oxygen atoms in total. The van der Waals surface area contributed by atoms with Crippen LogP contribution in [0.15, 0.2) is 23.5 Å². The van der Waals surface area contributed by atoms with E-state index < -0.39 is 8.32 Å². The normalized spacial score (nSPS) is 46.5. The first-order valence-corrected chi connectivity index (χ1v) is 13.8. The number of fused-ring (bicyclic) bond motifs is 5. The Hall–Kier alpha value is -0.543. The molecule has 0 aromatic carbocycles. The first-order chi connectivity index (χ1) is 11.6.